The van der Waals surface area contributed by atoms with Crippen molar-refractivity contribution in [1.82, 2.24) is 10.2 Å². The van der Waals surface area contributed by atoms with Crippen molar-refractivity contribution in [3.63, 3.8) is 0 Å². The fourth-order valence-electron chi connectivity index (χ4n) is 3.40. The molecule has 128 valence electrons. The Morgan fingerprint density at radius 2 is 2.04 bits per heavy atom. The number of halogens is 3. The molecule has 0 aliphatic carbocycles. The van der Waals surface area contributed by atoms with Crippen LogP contribution in [0.15, 0.2) is 18.2 Å². The van der Waals surface area contributed by atoms with Crippen LogP contribution in [-0.4, -0.2) is 43.0 Å². The maximum atomic E-state index is 12.1. The van der Waals surface area contributed by atoms with E-state index >= 15 is 0 Å². The average Bonchev–Trinajstić information content (AvgIpc) is 2.96. The van der Waals surface area contributed by atoms with Gasteiger partial charge in [0.2, 0.25) is 5.91 Å². The minimum absolute atomic E-state index is 0. The van der Waals surface area contributed by atoms with Gasteiger partial charge in [0.1, 0.15) is 0 Å². The average molecular weight is 379 g/mol. The second kappa shape index (κ2) is 8.54. The summed E-state index contributed by atoms with van der Waals surface area (Å²) in [6, 6.07) is 5.90. The third kappa shape index (κ3) is 4.74. The molecule has 0 radical (unpaired) electrons. The number of nitrogens with one attached hydrogen (secondary N) is 2. The molecule has 1 aromatic carbocycles. The number of carbonyl (C=O) groups excluding carboxylic acids is 1. The molecule has 4 nitrogen and oxygen atoms in total. The number of amides is 1. The molecule has 0 spiro atoms. The number of piperidine rings is 1. The molecule has 23 heavy (non-hydrogen) atoms. The highest BCUT2D eigenvalue weighted by atomic mass is 35.5. The Morgan fingerprint density at radius 3 is 2.78 bits per heavy atom. The second-order valence-electron chi connectivity index (χ2n) is 6.09. The first-order valence-corrected chi connectivity index (χ1v) is 8.58. The molecule has 2 fully saturated rings. The molecule has 2 aliphatic rings. The number of anilines is 1. The molecule has 0 aromatic heterocycles. The van der Waals surface area contributed by atoms with Crippen LogP contribution in [0, 0.1) is 5.92 Å². The zero-order valence-corrected chi connectivity index (χ0v) is 15.2. The summed E-state index contributed by atoms with van der Waals surface area (Å²) in [5.41, 5.74) is 0.509. The normalized spacial score (nSPS) is 23.9. The van der Waals surface area contributed by atoms with Crippen molar-refractivity contribution >= 4 is 47.2 Å². The maximum Gasteiger partial charge on any atom is 0.225 e. The summed E-state index contributed by atoms with van der Waals surface area (Å²) in [5.74, 6) is 0.705. The van der Waals surface area contributed by atoms with E-state index in [1.165, 1.54) is 12.8 Å². The predicted molar refractivity (Wildman–Crippen MR) is 97.9 cm³/mol. The highest BCUT2D eigenvalue weighted by molar-refractivity contribution is 6.39. The van der Waals surface area contributed by atoms with E-state index in [9.17, 15) is 4.79 Å². The molecule has 2 saturated heterocycles. The molecular formula is C16H22Cl3N3O. The number of hydrogen-bond acceptors (Lipinski definition) is 3. The SMILES string of the molecule is Cl.O=C(CCN1CCC2NCCC2C1)Nc1c(Cl)cccc1Cl. The van der Waals surface area contributed by atoms with Crippen LogP contribution in [0.2, 0.25) is 10.0 Å². The van der Waals surface area contributed by atoms with E-state index in [4.69, 9.17) is 23.2 Å². The van der Waals surface area contributed by atoms with E-state index in [0.717, 1.165) is 32.1 Å². The quantitative estimate of drug-likeness (QED) is 0.843. The number of para-hydroxylation sites is 1. The van der Waals surface area contributed by atoms with Gasteiger partial charge in [-0.05, 0) is 44.0 Å². The number of carbonyl (C=O) groups is 1. The zero-order chi connectivity index (χ0) is 15.5. The lowest BCUT2D eigenvalue weighted by Crippen LogP contribution is -2.45. The highest BCUT2D eigenvalue weighted by Crippen LogP contribution is 2.30. The Balaban J connectivity index is 0.00000192. The lowest BCUT2D eigenvalue weighted by Gasteiger charge is -2.34. The lowest BCUT2D eigenvalue weighted by molar-refractivity contribution is -0.116. The molecule has 2 unspecified atom stereocenters. The van der Waals surface area contributed by atoms with Crippen LogP contribution in [0.3, 0.4) is 0 Å². The summed E-state index contributed by atoms with van der Waals surface area (Å²) < 4.78 is 0. The Hall–Kier alpha value is -0.520. The van der Waals surface area contributed by atoms with Crippen molar-refractivity contribution in [2.45, 2.75) is 25.3 Å². The molecule has 2 heterocycles. The van der Waals surface area contributed by atoms with Crippen molar-refractivity contribution in [1.29, 1.82) is 0 Å². The smallest absolute Gasteiger partial charge is 0.225 e. The molecule has 7 heteroatoms. The number of likely N-dealkylation sites (tertiary alicyclic amines) is 1. The van der Waals surface area contributed by atoms with Gasteiger partial charge in [-0.1, -0.05) is 29.3 Å². The predicted octanol–water partition coefficient (Wildman–Crippen LogP) is 3.43. The molecule has 3 rings (SSSR count). The molecule has 0 bridgehead atoms. The standard InChI is InChI=1S/C16H21Cl2N3O.ClH/c17-12-2-1-3-13(18)16(12)20-15(22)6-9-21-8-5-14-11(10-21)4-7-19-14;/h1-3,11,14,19H,4-10H2,(H,20,22);1H. The summed E-state index contributed by atoms with van der Waals surface area (Å²) in [4.78, 5) is 14.5. The van der Waals surface area contributed by atoms with Crippen LogP contribution in [0.4, 0.5) is 5.69 Å². The molecule has 1 aromatic rings. The number of rotatable bonds is 4. The van der Waals surface area contributed by atoms with Crippen LogP contribution in [0.5, 0.6) is 0 Å². The Labute approximate surface area is 153 Å². The van der Waals surface area contributed by atoms with Gasteiger partial charge in [-0.15, -0.1) is 12.4 Å². The monoisotopic (exact) mass is 377 g/mol. The van der Waals surface area contributed by atoms with Gasteiger partial charge in [0, 0.05) is 25.6 Å². The molecule has 1 amide bonds. The minimum atomic E-state index is -0.0401. The van der Waals surface area contributed by atoms with Crippen molar-refractivity contribution in [2.75, 3.05) is 31.5 Å². The number of hydrogen-bond donors (Lipinski definition) is 2. The largest absolute Gasteiger partial charge is 0.324 e. The van der Waals surface area contributed by atoms with Crippen LogP contribution in [0.25, 0.3) is 0 Å². The molecule has 2 N–H and O–H groups in total. The van der Waals surface area contributed by atoms with Gasteiger partial charge in [-0.25, -0.2) is 0 Å². The van der Waals surface area contributed by atoms with Crippen molar-refractivity contribution < 1.29 is 4.79 Å². The van der Waals surface area contributed by atoms with E-state index < -0.39 is 0 Å². The van der Waals surface area contributed by atoms with Gasteiger partial charge in [-0.2, -0.15) is 0 Å². The first kappa shape index (κ1) is 18.8. The van der Waals surface area contributed by atoms with Crippen LogP contribution in [-0.2, 0) is 4.79 Å². The van der Waals surface area contributed by atoms with Gasteiger partial charge >= 0.3 is 0 Å². The van der Waals surface area contributed by atoms with E-state index in [0.29, 0.717) is 28.2 Å². The third-order valence-corrected chi connectivity index (χ3v) is 5.25. The van der Waals surface area contributed by atoms with Gasteiger partial charge in [0.05, 0.1) is 15.7 Å². The topological polar surface area (TPSA) is 44.4 Å². The first-order valence-electron chi connectivity index (χ1n) is 7.83. The summed E-state index contributed by atoms with van der Waals surface area (Å²) in [6.45, 7) is 4.08. The van der Waals surface area contributed by atoms with Crippen molar-refractivity contribution in [3.8, 4) is 0 Å². The summed E-state index contributed by atoms with van der Waals surface area (Å²) in [6.07, 6.45) is 2.90. The first-order chi connectivity index (χ1) is 10.6. The zero-order valence-electron chi connectivity index (χ0n) is 12.9. The van der Waals surface area contributed by atoms with Crippen molar-refractivity contribution in [3.05, 3.63) is 28.2 Å². The van der Waals surface area contributed by atoms with E-state index in [1.807, 2.05) is 0 Å². The highest BCUT2D eigenvalue weighted by Gasteiger charge is 2.32. The van der Waals surface area contributed by atoms with Gasteiger partial charge < -0.3 is 15.5 Å². The Kier molecular flexibility index (Phi) is 6.99. The Bertz CT molecular complexity index is 535. The maximum absolute atomic E-state index is 12.1. The second-order valence-corrected chi connectivity index (χ2v) is 6.91. The minimum Gasteiger partial charge on any atom is -0.324 e. The van der Waals surface area contributed by atoms with Crippen molar-refractivity contribution in [2.24, 2.45) is 5.92 Å². The Morgan fingerprint density at radius 1 is 1.30 bits per heavy atom. The molecule has 0 saturated carbocycles. The molecule has 2 atom stereocenters. The van der Waals surface area contributed by atoms with E-state index in [1.54, 1.807) is 18.2 Å². The number of nitrogens with zero attached hydrogens (tertiary/aromatic N) is 1. The van der Waals surface area contributed by atoms with Gasteiger partial charge in [0.15, 0.2) is 0 Å². The van der Waals surface area contributed by atoms with Crippen LogP contribution >= 0.6 is 35.6 Å². The molecule has 2 aliphatic heterocycles. The van der Waals surface area contributed by atoms with E-state index in [2.05, 4.69) is 15.5 Å². The summed E-state index contributed by atoms with van der Waals surface area (Å²) in [7, 11) is 0. The lowest BCUT2D eigenvalue weighted by atomic mass is 9.93. The number of fused-ring (bicyclic) bond motifs is 1. The summed E-state index contributed by atoms with van der Waals surface area (Å²) >= 11 is 12.1. The number of benzene rings is 1. The van der Waals surface area contributed by atoms with Gasteiger partial charge in [0.25, 0.3) is 0 Å². The molecular weight excluding hydrogens is 357 g/mol. The van der Waals surface area contributed by atoms with E-state index in [-0.39, 0.29) is 18.3 Å². The fraction of sp³-hybridized carbons (Fsp3) is 0.562. The van der Waals surface area contributed by atoms with Crippen LogP contribution in [0.1, 0.15) is 19.3 Å². The fourth-order valence-corrected chi connectivity index (χ4v) is 3.90. The van der Waals surface area contributed by atoms with Gasteiger partial charge in [-0.3, -0.25) is 4.79 Å². The third-order valence-electron chi connectivity index (χ3n) is 4.62. The summed E-state index contributed by atoms with van der Waals surface area (Å²) in [5, 5.41) is 7.32. The van der Waals surface area contributed by atoms with Crippen LogP contribution < -0.4 is 10.6 Å².